The van der Waals surface area contributed by atoms with Gasteiger partial charge in [-0.1, -0.05) is 17.7 Å². The van der Waals surface area contributed by atoms with Crippen molar-refractivity contribution in [3.05, 3.63) is 52.8 Å². The summed E-state index contributed by atoms with van der Waals surface area (Å²) in [5, 5.41) is 3.67. The van der Waals surface area contributed by atoms with E-state index in [0.717, 1.165) is 24.4 Å². The van der Waals surface area contributed by atoms with E-state index in [-0.39, 0.29) is 22.9 Å². The quantitative estimate of drug-likeness (QED) is 0.913. The average Bonchev–Trinajstić information content (AvgIpc) is 3.09. The standard InChI is InChI=1S/C15H18ClFN4/c1-21-7-4-13(20-9-14-18-5-6-19-14)15(21)10-2-3-11(16)12(17)8-10/h2-3,5-6,8,13,15,20H,4,7,9H2,1H3,(H,18,19). The lowest BCUT2D eigenvalue weighted by molar-refractivity contribution is 0.285. The summed E-state index contributed by atoms with van der Waals surface area (Å²) in [6.45, 7) is 1.66. The molecular weight excluding hydrogens is 291 g/mol. The minimum absolute atomic E-state index is 0.145. The van der Waals surface area contributed by atoms with E-state index in [1.165, 1.54) is 6.07 Å². The monoisotopic (exact) mass is 308 g/mol. The van der Waals surface area contributed by atoms with E-state index in [2.05, 4.69) is 27.2 Å². The van der Waals surface area contributed by atoms with Crippen LogP contribution in [0.3, 0.4) is 0 Å². The van der Waals surface area contributed by atoms with Gasteiger partial charge in [0, 0.05) is 31.0 Å². The number of H-pyrrole nitrogens is 1. The predicted octanol–water partition coefficient (Wildman–Crippen LogP) is 2.74. The van der Waals surface area contributed by atoms with E-state index < -0.39 is 0 Å². The van der Waals surface area contributed by atoms with Crippen molar-refractivity contribution in [2.24, 2.45) is 0 Å². The Morgan fingerprint density at radius 1 is 1.52 bits per heavy atom. The predicted molar refractivity (Wildman–Crippen MR) is 80.6 cm³/mol. The molecule has 1 aliphatic rings. The molecule has 0 saturated carbocycles. The lowest BCUT2D eigenvalue weighted by atomic mass is 10.00. The van der Waals surface area contributed by atoms with Crippen LogP contribution in [0.25, 0.3) is 0 Å². The Labute approximate surface area is 128 Å². The van der Waals surface area contributed by atoms with Gasteiger partial charge in [-0.25, -0.2) is 9.37 Å². The molecule has 2 unspecified atom stereocenters. The third-order valence-electron chi connectivity index (χ3n) is 4.02. The first kappa shape index (κ1) is 14.5. The molecule has 2 aromatic rings. The molecule has 0 spiro atoms. The highest BCUT2D eigenvalue weighted by Crippen LogP contribution is 2.32. The molecule has 2 N–H and O–H groups in total. The van der Waals surface area contributed by atoms with Crippen LogP contribution >= 0.6 is 11.6 Å². The maximum Gasteiger partial charge on any atom is 0.142 e. The lowest BCUT2D eigenvalue weighted by Crippen LogP contribution is -2.34. The van der Waals surface area contributed by atoms with E-state index in [0.29, 0.717) is 6.54 Å². The van der Waals surface area contributed by atoms with Crippen LogP contribution in [0.15, 0.2) is 30.6 Å². The summed E-state index contributed by atoms with van der Waals surface area (Å²) in [6.07, 6.45) is 4.57. The fraction of sp³-hybridized carbons (Fsp3) is 0.400. The van der Waals surface area contributed by atoms with Crippen molar-refractivity contribution in [3.8, 4) is 0 Å². The summed E-state index contributed by atoms with van der Waals surface area (Å²) >= 11 is 5.77. The molecule has 0 radical (unpaired) electrons. The highest BCUT2D eigenvalue weighted by molar-refractivity contribution is 6.30. The van der Waals surface area contributed by atoms with Gasteiger partial charge in [-0.05, 0) is 31.2 Å². The number of benzene rings is 1. The van der Waals surface area contributed by atoms with Crippen LogP contribution in [-0.2, 0) is 6.54 Å². The molecule has 4 nitrogen and oxygen atoms in total. The van der Waals surface area contributed by atoms with Crippen LogP contribution in [0, 0.1) is 5.82 Å². The minimum Gasteiger partial charge on any atom is -0.348 e. The average molecular weight is 309 g/mol. The van der Waals surface area contributed by atoms with Crippen molar-refractivity contribution in [1.29, 1.82) is 0 Å². The lowest BCUT2D eigenvalue weighted by Gasteiger charge is -2.26. The third kappa shape index (κ3) is 3.10. The fourth-order valence-electron chi connectivity index (χ4n) is 2.97. The Bertz CT molecular complexity index is 602. The van der Waals surface area contributed by atoms with E-state index >= 15 is 0 Å². The van der Waals surface area contributed by atoms with Gasteiger partial charge in [-0.2, -0.15) is 0 Å². The highest BCUT2D eigenvalue weighted by atomic mass is 35.5. The van der Waals surface area contributed by atoms with E-state index in [1.807, 2.05) is 12.3 Å². The molecule has 1 aromatic heterocycles. The van der Waals surface area contributed by atoms with Crippen LogP contribution in [0.1, 0.15) is 23.9 Å². The Hall–Kier alpha value is -1.43. The molecular formula is C15H18ClFN4. The second-order valence-electron chi connectivity index (χ2n) is 5.41. The van der Waals surface area contributed by atoms with Crippen molar-refractivity contribution >= 4 is 11.6 Å². The molecule has 21 heavy (non-hydrogen) atoms. The maximum atomic E-state index is 13.7. The number of halogens is 2. The molecule has 2 atom stereocenters. The molecule has 1 fully saturated rings. The van der Waals surface area contributed by atoms with Gasteiger partial charge in [0.15, 0.2) is 0 Å². The summed E-state index contributed by atoms with van der Waals surface area (Å²) in [5.41, 5.74) is 0.953. The topological polar surface area (TPSA) is 44.0 Å². The number of likely N-dealkylation sites (tertiary alicyclic amines) is 1. The third-order valence-corrected chi connectivity index (χ3v) is 4.33. The number of hydrogen-bond acceptors (Lipinski definition) is 3. The van der Waals surface area contributed by atoms with Crippen molar-refractivity contribution < 1.29 is 4.39 Å². The Kier molecular flexibility index (Phi) is 4.24. The van der Waals surface area contributed by atoms with Crippen LogP contribution in [0.2, 0.25) is 5.02 Å². The number of rotatable bonds is 4. The second kappa shape index (κ2) is 6.13. The van der Waals surface area contributed by atoms with E-state index in [1.54, 1.807) is 12.3 Å². The van der Waals surface area contributed by atoms with Crippen LogP contribution in [-0.4, -0.2) is 34.5 Å². The smallest absolute Gasteiger partial charge is 0.142 e. The summed E-state index contributed by atoms with van der Waals surface area (Å²) in [7, 11) is 2.06. The van der Waals surface area contributed by atoms with Crippen LogP contribution in [0.4, 0.5) is 4.39 Å². The fourth-order valence-corrected chi connectivity index (χ4v) is 3.08. The van der Waals surface area contributed by atoms with E-state index in [9.17, 15) is 4.39 Å². The molecule has 0 aliphatic carbocycles. The van der Waals surface area contributed by atoms with Gasteiger partial charge in [0.2, 0.25) is 0 Å². The van der Waals surface area contributed by atoms with Crippen molar-refractivity contribution in [2.75, 3.05) is 13.6 Å². The number of likely N-dealkylation sites (N-methyl/N-ethyl adjacent to an activating group) is 1. The van der Waals surface area contributed by atoms with E-state index in [4.69, 9.17) is 11.6 Å². The first-order chi connectivity index (χ1) is 10.1. The molecule has 1 aromatic carbocycles. The highest BCUT2D eigenvalue weighted by Gasteiger charge is 2.33. The summed E-state index contributed by atoms with van der Waals surface area (Å²) in [6, 6.07) is 5.48. The Balaban J connectivity index is 1.75. The van der Waals surface area contributed by atoms with Crippen molar-refractivity contribution in [1.82, 2.24) is 20.2 Å². The number of hydrogen-bond donors (Lipinski definition) is 2. The molecule has 6 heteroatoms. The number of aromatic nitrogens is 2. The molecule has 1 saturated heterocycles. The zero-order valence-corrected chi connectivity index (χ0v) is 12.6. The summed E-state index contributed by atoms with van der Waals surface area (Å²) in [4.78, 5) is 9.53. The number of nitrogens with one attached hydrogen (secondary N) is 2. The van der Waals surface area contributed by atoms with Crippen molar-refractivity contribution in [2.45, 2.75) is 25.0 Å². The number of nitrogens with zero attached hydrogens (tertiary/aromatic N) is 2. The Morgan fingerprint density at radius 3 is 3.10 bits per heavy atom. The van der Waals surface area contributed by atoms with Gasteiger partial charge < -0.3 is 10.3 Å². The van der Waals surface area contributed by atoms with Crippen LogP contribution in [0.5, 0.6) is 0 Å². The minimum atomic E-state index is -0.362. The molecule has 0 amide bonds. The normalized spacial score (nSPS) is 22.8. The van der Waals surface area contributed by atoms with Gasteiger partial charge in [0.25, 0.3) is 0 Å². The zero-order chi connectivity index (χ0) is 14.8. The van der Waals surface area contributed by atoms with Crippen LogP contribution < -0.4 is 5.32 Å². The molecule has 3 rings (SSSR count). The maximum absolute atomic E-state index is 13.7. The number of aromatic amines is 1. The summed E-state index contributed by atoms with van der Waals surface area (Å²) in [5.74, 6) is 0.546. The largest absolute Gasteiger partial charge is 0.348 e. The van der Waals surface area contributed by atoms with Gasteiger partial charge in [-0.15, -0.1) is 0 Å². The molecule has 1 aliphatic heterocycles. The first-order valence-electron chi connectivity index (χ1n) is 7.02. The van der Waals surface area contributed by atoms with Gasteiger partial charge >= 0.3 is 0 Å². The molecule has 0 bridgehead atoms. The van der Waals surface area contributed by atoms with Gasteiger partial charge in [-0.3, -0.25) is 4.90 Å². The van der Waals surface area contributed by atoms with Gasteiger partial charge in [0.05, 0.1) is 11.6 Å². The Morgan fingerprint density at radius 2 is 2.38 bits per heavy atom. The van der Waals surface area contributed by atoms with Crippen molar-refractivity contribution in [3.63, 3.8) is 0 Å². The second-order valence-corrected chi connectivity index (χ2v) is 5.82. The molecule has 2 heterocycles. The SMILES string of the molecule is CN1CCC(NCc2ncc[nH]2)C1c1ccc(Cl)c(F)c1. The first-order valence-corrected chi connectivity index (χ1v) is 7.40. The summed E-state index contributed by atoms with van der Waals surface area (Å²) < 4.78 is 13.7. The van der Waals surface area contributed by atoms with Gasteiger partial charge in [0.1, 0.15) is 11.6 Å². The molecule has 112 valence electrons. The number of imidazole rings is 1. The zero-order valence-electron chi connectivity index (χ0n) is 11.8.